The van der Waals surface area contributed by atoms with Crippen LogP contribution < -0.4 is 0 Å². The molecule has 3 aromatic rings. The van der Waals surface area contributed by atoms with Crippen molar-refractivity contribution >= 4 is 40.9 Å². The van der Waals surface area contributed by atoms with Crippen molar-refractivity contribution in [2.24, 2.45) is 0 Å². The third kappa shape index (κ3) is 4.18. The van der Waals surface area contributed by atoms with Gasteiger partial charge in [0.15, 0.2) is 5.76 Å². The molecule has 128 valence electrons. The van der Waals surface area contributed by atoms with E-state index in [9.17, 15) is 4.79 Å². The van der Waals surface area contributed by atoms with Crippen LogP contribution in [0.2, 0.25) is 10.0 Å². The van der Waals surface area contributed by atoms with Gasteiger partial charge in [-0.2, -0.15) is 0 Å². The van der Waals surface area contributed by atoms with Crippen molar-refractivity contribution in [3.8, 4) is 22.6 Å². The number of carboxylic acids is 1. The molecule has 0 fully saturated rings. The minimum atomic E-state index is -0.927. The Kier molecular flexibility index (Phi) is 5.37. The van der Waals surface area contributed by atoms with E-state index in [1.54, 1.807) is 31.2 Å². The summed E-state index contributed by atoms with van der Waals surface area (Å²) in [6, 6.07) is 14.4. The molecule has 0 bridgehead atoms. The average molecular weight is 394 g/mol. The fraction of sp³-hybridized carbons (Fsp3) is 0.111. The topological polar surface area (TPSA) is 63.3 Å². The number of carbonyl (C=O) groups is 1. The molecule has 0 unspecified atom stereocenters. The van der Waals surface area contributed by atoms with Crippen LogP contribution in [0.15, 0.2) is 58.2 Å². The molecule has 0 amide bonds. The molecule has 0 aliphatic heterocycles. The van der Waals surface area contributed by atoms with Crippen LogP contribution in [0.1, 0.15) is 6.92 Å². The Morgan fingerprint density at radius 3 is 2.08 bits per heavy atom. The minimum absolute atomic E-state index is 0.296. The molecular weight excluding hydrogens is 381 g/mol. The normalized spacial score (nSPS) is 12.1. The summed E-state index contributed by atoms with van der Waals surface area (Å²) in [4.78, 5) is 15.6. The predicted molar refractivity (Wildman–Crippen MR) is 100 cm³/mol. The third-order valence-electron chi connectivity index (χ3n) is 3.46. The molecule has 0 saturated carbocycles. The van der Waals surface area contributed by atoms with Crippen LogP contribution in [0.3, 0.4) is 0 Å². The number of oxazole rings is 1. The van der Waals surface area contributed by atoms with Crippen molar-refractivity contribution < 1.29 is 14.3 Å². The van der Waals surface area contributed by atoms with E-state index in [0.717, 1.165) is 22.9 Å². The summed E-state index contributed by atoms with van der Waals surface area (Å²) in [5, 5.41) is 9.96. The van der Waals surface area contributed by atoms with Crippen LogP contribution in [0.4, 0.5) is 0 Å². The lowest BCUT2D eigenvalue weighted by atomic mass is 10.1. The second-order valence-electron chi connectivity index (χ2n) is 5.27. The molecule has 0 radical (unpaired) electrons. The number of hydrogen-bond donors (Lipinski definition) is 1. The lowest BCUT2D eigenvalue weighted by molar-refractivity contribution is -0.136. The lowest BCUT2D eigenvalue weighted by Crippen LogP contribution is -2.10. The first-order chi connectivity index (χ1) is 11.9. The molecule has 25 heavy (non-hydrogen) atoms. The Morgan fingerprint density at radius 2 is 1.56 bits per heavy atom. The van der Waals surface area contributed by atoms with Gasteiger partial charge in [0.25, 0.3) is 5.22 Å². The number of carboxylic acid groups (broad SMARTS) is 1. The van der Waals surface area contributed by atoms with Crippen LogP contribution in [0.5, 0.6) is 0 Å². The van der Waals surface area contributed by atoms with Crippen LogP contribution in [-0.2, 0) is 4.79 Å². The van der Waals surface area contributed by atoms with Gasteiger partial charge in [0.05, 0.1) is 0 Å². The number of rotatable bonds is 5. The quantitative estimate of drug-likeness (QED) is 0.548. The van der Waals surface area contributed by atoms with Gasteiger partial charge < -0.3 is 9.52 Å². The fourth-order valence-corrected chi connectivity index (χ4v) is 3.08. The number of aromatic nitrogens is 1. The molecule has 0 saturated heterocycles. The van der Waals surface area contributed by atoms with Gasteiger partial charge >= 0.3 is 5.97 Å². The molecule has 1 heterocycles. The first kappa shape index (κ1) is 17.9. The highest BCUT2D eigenvalue weighted by Crippen LogP contribution is 2.37. The van der Waals surface area contributed by atoms with Gasteiger partial charge in [-0.3, -0.25) is 4.79 Å². The molecule has 4 nitrogen and oxygen atoms in total. The molecular formula is C18H13Cl2NO3S. The Balaban J connectivity index is 2.07. The Morgan fingerprint density at radius 1 is 1.04 bits per heavy atom. The number of hydrogen-bond acceptors (Lipinski definition) is 4. The van der Waals surface area contributed by atoms with Crippen molar-refractivity contribution in [1.29, 1.82) is 0 Å². The van der Waals surface area contributed by atoms with E-state index in [2.05, 4.69) is 4.98 Å². The van der Waals surface area contributed by atoms with E-state index in [4.69, 9.17) is 32.7 Å². The van der Waals surface area contributed by atoms with Crippen LogP contribution in [0.25, 0.3) is 22.6 Å². The number of aliphatic carboxylic acids is 1. The molecule has 2 aromatic carbocycles. The van der Waals surface area contributed by atoms with Crippen LogP contribution >= 0.6 is 35.0 Å². The second-order valence-corrected chi connectivity index (χ2v) is 7.43. The van der Waals surface area contributed by atoms with Gasteiger partial charge in [-0.25, -0.2) is 4.98 Å². The van der Waals surface area contributed by atoms with E-state index >= 15 is 0 Å². The van der Waals surface area contributed by atoms with Crippen LogP contribution in [-0.4, -0.2) is 21.3 Å². The first-order valence-corrected chi connectivity index (χ1v) is 9.00. The molecule has 7 heteroatoms. The molecule has 1 atom stereocenters. The number of thioether (sulfide) groups is 1. The minimum Gasteiger partial charge on any atom is -0.480 e. The van der Waals surface area contributed by atoms with Crippen molar-refractivity contribution in [2.45, 2.75) is 17.4 Å². The summed E-state index contributed by atoms with van der Waals surface area (Å²) in [7, 11) is 0. The predicted octanol–water partition coefficient (Wildman–Crippen LogP) is 5.88. The van der Waals surface area contributed by atoms with Crippen LogP contribution in [0, 0.1) is 0 Å². The smallest absolute Gasteiger partial charge is 0.316 e. The molecule has 0 aliphatic rings. The summed E-state index contributed by atoms with van der Waals surface area (Å²) < 4.78 is 5.86. The number of nitrogens with zero attached hydrogens (tertiary/aromatic N) is 1. The highest BCUT2D eigenvalue weighted by atomic mass is 35.5. The molecule has 1 aromatic heterocycles. The Hall–Kier alpha value is -1.95. The van der Waals surface area contributed by atoms with Gasteiger partial charge in [0.1, 0.15) is 10.9 Å². The summed E-state index contributed by atoms with van der Waals surface area (Å²) in [6.45, 7) is 1.58. The fourth-order valence-electron chi connectivity index (χ4n) is 2.15. The van der Waals surface area contributed by atoms with Gasteiger partial charge in [-0.15, -0.1) is 0 Å². The molecule has 3 rings (SSSR count). The van der Waals surface area contributed by atoms with Crippen molar-refractivity contribution in [1.82, 2.24) is 4.98 Å². The maximum atomic E-state index is 11.1. The monoisotopic (exact) mass is 393 g/mol. The standard InChI is InChI=1S/C18H13Cl2NO3S/c1-10(17(22)23)25-18-21-15(11-2-6-13(19)7-3-11)16(24-18)12-4-8-14(20)9-5-12/h2-10H,1H3,(H,22,23)/t10-/m0/s1. The zero-order valence-electron chi connectivity index (χ0n) is 13.1. The molecule has 0 spiro atoms. The van der Waals surface area contributed by atoms with Gasteiger partial charge in [0.2, 0.25) is 0 Å². The zero-order valence-corrected chi connectivity index (χ0v) is 15.4. The van der Waals surface area contributed by atoms with Crippen molar-refractivity contribution in [3.63, 3.8) is 0 Å². The highest BCUT2D eigenvalue weighted by molar-refractivity contribution is 8.00. The van der Waals surface area contributed by atoms with E-state index in [0.29, 0.717) is 26.7 Å². The van der Waals surface area contributed by atoms with E-state index in [-0.39, 0.29) is 0 Å². The first-order valence-electron chi connectivity index (χ1n) is 7.36. The zero-order chi connectivity index (χ0) is 18.0. The maximum Gasteiger partial charge on any atom is 0.316 e. The van der Waals surface area contributed by atoms with Gasteiger partial charge in [-0.05, 0) is 43.3 Å². The van der Waals surface area contributed by atoms with Crippen molar-refractivity contribution in [3.05, 3.63) is 58.6 Å². The summed E-state index contributed by atoms with van der Waals surface area (Å²) in [6.07, 6.45) is 0. The maximum absolute atomic E-state index is 11.1. The Labute approximate surface area is 158 Å². The highest BCUT2D eigenvalue weighted by Gasteiger charge is 2.21. The number of benzene rings is 2. The van der Waals surface area contributed by atoms with Gasteiger partial charge in [0, 0.05) is 21.2 Å². The SMILES string of the molecule is C[C@H](Sc1nc(-c2ccc(Cl)cc2)c(-c2ccc(Cl)cc2)o1)C(=O)O. The van der Waals surface area contributed by atoms with Crippen molar-refractivity contribution in [2.75, 3.05) is 0 Å². The Bertz CT molecular complexity index is 829. The van der Waals surface area contributed by atoms with Gasteiger partial charge in [-0.1, -0.05) is 47.1 Å². The van der Waals surface area contributed by atoms with E-state index in [1.807, 2.05) is 24.3 Å². The third-order valence-corrected chi connectivity index (χ3v) is 4.89. The average Bonchev–Trinajstić information content (AvgIpc) is 3.00. The van der Waals surface area contributed by atoms with E-state index < -0.39 is 11.2 Å². The molecule has 1 N–H and O–H groups in total. The second kappa shape index (κ2) is 7.52. The summed E-state index contributed by atoms with van der Waals surface area (Å²) in [5.74, 6) is -0.372. The van der Waals surface area contributed by atoms with E-state index in [1.165, 1.54) is 0 Å². The summed E-state index contributed by atoms with van der Waals surface area (Å²) in [5.41, 5.74) is 2.25. The molecule has 0 aliphatic carbocycles. The number of halogens is 2. The largest absolute Gasteiger partial charge is 0.480 e. The lowest BCUT2D eigenvalue weighted by Gasteiger charge is -2.02. The summed E-state index contributed by atoms with van der Waals surface area (Å²) >= 11 is 13.0.